The summed E-state index contributed by atoms with van der Waals surface area (Å²) in [7, 11) is 0. The summed E-state index contributed by atoms with van der Waals surface area (Å²) < 4.78 is 0. The van der Waals surface area contributed by atoms with Crippen molar-refractivity contribution in [2.75, 3.05) is 5.73 Å². The van der Waals surface area contributed by atoms with Crippen LogP contribution in [0.15, 0.2) is 18.2 Å². The molecule has 0 bridgehead atoms. The summed E-state index contributed by atoms with van der Waals surface area (Å²) in [4.78, 5) is 10.7. The highest BCUT2D eigenvalue weighted by Crippen LogP contribution is 2.34. The van der Waals surface area contributed by atoms with Gasteiger partial charge in [-0.1, -0.05) is 12.1 Å². The number of nitrogens with zero attached hydrogens (tertiary/aromatic N) is 1. The van der Waals surface area contributed by atoms with Crippen LogP contribution in [0.1, 0.15) is 17.2 Å². The van der Waals surface area contributed by atoms with E-state index in [0.717, 1.165) is 16.2 Å². The molecule has 1 aromatic carbocycles. The normalized spacial score (nSPS) is 21.5. The van der Waals surface area contributed by atoms with Crippen LogP contribution < -0.4 is 5.73 Å². The van der Waals surface area contributed by atoms with Gasteiger partial charge in [0.15, 0.2) is 0 Å². The lowest BCUT2D eigenvalue weighted by molar-refractivity contribution is -0.142. The van der Waals surface area contributed by atoms with Crippen LogP contribution in [0.25, 0.3) is 0 Å². The van der Waals surface area contributed by atoms with Crippen LogP contribution in [-0.2, 0) is 11.3 Å². The van der Waals surface area contributed by atoms with E-state index in [4.69, 9.17) is 5.73 Å². The summed E-state index contributed by atoms with van der Waals surface area (Å²) in [6, 6.07) is 4.80. The molecule has 0 saturated heterocycles. The van der Waals surface area contributed by atoms with Crippen molar-refractivity contribution >= 4 is 12.0 Å². The highest BCUT2D eigenvalue weighted by atomic mass is 16.5. The van der Waals surface area contributed by atoms with E-state index >= 15 is 0 Å². The molecule has 2 rings (SSSR count). The monoisotopic (exact) mass is 178 g/mol. The minimum Gasteiger partial charge on any atom is -0.398 e. The Bertz CT molecular complexity index is 351. The van der Waals surface area contributed by atoms with Crippen molar-refractivity contribution in [3.8, 4) is 0 Å². The zero-order chi connectivity index (χ0) is 9.42. The predicted molar refractivity (Wildman–Crippen MR) is 47.0 cm³/mol. The topological polar surface area (TPSA) is 66.6 Å². The van der Waals surface area contributed by atoms with Crippen LogP contribution in [0.5, 0.6) is 0 Å². The average Bonchev–Trinajstić information content (AvgIpc) is 2.42. The Morgan fingerprint density at radius 2 is 2.38 bits per heavy atom. The van der Waals surface area contributed by atoms with E-state index in [1.54, 1.807) is 6.07 Å². The molecule has 1 heterocycles. The van der Waals surface area contributed by atoms with Gasteiger partial charge in [-0.25, -0.2) is 0 Å². The second-order valence-electron chi connectivity index (χ2n) is 3.10. The smallest absolute Gasteiger partial charge is 0.144 e. The largest absolute Gasteiger partial charge is 0.398 e. The van der Waals surface area contributed by atoms with Gasteiger partial charge in [-0.2, -0.15) is 5.06 Å². The predicted octanol–water partition coefficient (Wildman–Crippen LogP) is 0.714. The number of nitrogens with two attached hydrogens (primary N) is 1. The van der Waals surface area contributed by atoms with Crippen LogP contribution in [0.3, 0.4) is 0 Å². The minimum absolute atomic E-state index is 0.365. The molecule has 1 aliphatic rings. The molecule has 0 aliphatic carbocycles. The maximum atomic E-state index is 10.7. The van der Waals surface area contributed by atoms with Crippen molar-refractivity contribution in [1.29, 1.82) is 0 Å². The number of nitrogen functional groups attached to an aromatic ring is 1. The SMILES string of the molecule is Nc1cccc2c1C(C=O)N(O)C2. The first-order valence-corrected chi connectivity index (χ1v) is 4.02. The number of fused-ring (bicyclic) bond motifs is 1. The summed E-state index contributed by atoms with van der Waals surface area (Å²) in [5.41, 5.74) is 7.92. The van der Waals surface area contributed by atoms with Gasteiger partial charge in [-0.05, 0) is 11.6 Å². The van der Waals surface area contributed by atoms with Gasteiger partial charge in [0.05, 0.1) is 6.54 Å². The molecule has 0 fully saturated rings. The van der Waals surface area contributed by atoms with Gasteiger partial charge >= 0.3 is 0 Å². The lowest BCUT2D eigenvalue weighted by Crippen LogP contribution is -2.18. The molecule has 0 spiro atoms. The number of carbonyl (C=O) groups is 1. The van der Waals surface area contributed by atoms with E-state index in [1.807, 2.05) is 12.1 Å². The van der Waals surface area contributed by atoms with Crippen molar-refractivity contribution in [2.24, 2.45) is 0 Å². The highest BCUT2D eigenvalue weighted by molar-refractivity contribution is 5.70. The fourth-order valence-corrected chi connectivity index (χ4v) is 1.69. The van der Waals surface area contributed by atoms with Gasteiger partial charge in [-0.15, -0.1) is 0 Å². The van der Waals surface area contributed by atoms with E-state index in [0.29, 0.717) is 18.5 Å². The first kappa shape index (κ1) is 8.22. The standard InChI is InChI=1S/C9H10N2O2/c10-7-3-1-2-6-4-11(13)8(5-12)9(6)7/h1-3,5,8,13H,4,10H2. The highest BCUT2D eigenvalue weighted by Gasteiger charge is 2.30. The van der Waals surface area contributed by atoms with Gasteiger partial charge in [0.1, 0.15) is 12.3 Å². The molecule has 3 N–H and O–H groups in total. The molecule has 1 atom stereocenters. The van der Waals surface area contributed by atoms with Crippen molar-refractivity contribution in [1.82, 2.24) is 5.06 Å². The first-order valence-electron chi connectivity index (χ1n) is 4.02. The zero-order valence-electron chi connectivity index (χ0n) is 6.97. The number of hydroxylamine groups is 2. The van der Waals surface area contributed by atoms with E-state index < -0.39 is 6.04 Å². The summed E-state index contributed by atoms with van der Waals surface area (Å²) in [5.74, 6) is 0. The Morgan fingerprint density at radius 1 is 1.62 bits per heavy atom. The molecule has 4 heteroatoms. The molecule has 68 valence electrons. The van der Waals surface area contributed by atoms with E-state index in [2.05, 4.69) is 0 Å². The molecule has 0 saturated carbocycles. The second kappa shape index (κ2) is 2.83. The molecule has 1 aliphatic heterocycles. The molecule has 1 aromatic rings. The third-order valence-electron chi connectivity index (χ3n) is 2.31. The molecule has 13 heavy (non-hydrogen) atoms. The number of hydrogen-bond donors (Lipinski definition) is 2. The van der Waals surface area contributed by atoms with E-state index in [1.165, 1.54) is 0 Å². The Hall–Kier alpha value is -1.39. The van der Waals surface area contributed by atoms with Crippen LogP contribution in [0.2, 0.25) is 0 Å². The van der Waals surface area contributed by atoms with Crippen LogP contribution in [-0.4, -0.2) is 16.6 Å². The number of carbonyl (C=O) groups excluding carboxylic acids is 1. The van der Waals surface area contributed by atoms with Crippen LogP contribution in [0.4, 0.5) is 5.69 Å². The number of rotatable bonds is 1. The van der Waals surface area contributed by atoms with Crippen LogP contribution in [0, 0.1) is 0 Å². The van der Waals surface area contributed by atoms with Crippen molar-refractivity contribution in [3.63, 3.8) is 0 Å². The third kappa shape index (κ3) is 1.11. The Morgan fingerprint density at radius 3 is 3.08 bits per heavy atom. The third-order valence-corrected chi connectivity index (χ3v) is 2.31. The Labute approximate surface area is 75.5 Å². The molecular formula is C9H10N2O2. The average molecular weight is 178 g/mol. The Kier molecular flexibility index (Phi) is 1.79. The second-order valence-corrected chi connectivity index (χ2v) is 3.10. The zero-order valence-corrected chi connectivity index (χ0v) is 6.97. The fourth-order valence-electron chi connectivity index (χ4n) is 1.69. The quantitative estimate of drug-likeness (QED) is 0.491. The number of anilines is 1. The number of hydrogen-bond acceptors (Lipinski definition) is 4. The fraction of sp³-hybridized carbons (Fsp3) is 0.222. The van der Waals surface area contributed by atoms with Crippen LogP contribution >= 0.6 is 0 Å². The van der Waals surface area contributed by atoms with Crippen molar-refractivity contribution in [2.45, 2.75) is 12.6 Å². The van der Waals surface area contributed by atoms with E-state index in [-0.39, 0.29) is 0 Å². The van der Waals surface area contributed by atoms with Gasteiger partial charge in [-0.3, -0.25) is 0 Å². The molecule has 4 nitrogen and oxygen atoms in total. The Balaban J connectivity index is 2.55. The summed E-state index contributed by atoms with van der Waals surface area (Å²) in [5, 5.41) is 10.4. The van der Waals surface area contributed by atoms with E-state index in [9.17, 15) is 10.0 Å². The molecule has 0 aromatic heterocycles. The molecular weight excluding hydrogens is 168 g/mol. The first-order chi connectivity index (χ1) is 6.24. The molecule has 1 unspecified atom stereocenters. The van der Waals surface area contributed by atoms with Gasteiger partial charge < -0.3 is 15.7 Å². The molecule has 0 radical (unpaired) electrons. The maximum absolute atomic E-state index is 10.7. The van der Waals surface area contributed by atoms with Gasteiger partial charge in [0, 0.05) is 11.3 Å². The van der Waals surface area contributed by atoms with Gasteiger partial charge in [0.25, 0.3) is 0 Å². The maximum Gasteiger partial charge on any atom is 0.144 e. The summed E-state index contributed by atoms with van der Waals surface area (Å²) >= 11 is 0. The molecule has 0 amide bonds. The summed E-state index contributed by atoms with van der Waals surface area (Å²) in [6.45, 7) is 0.365. The minimum atomic E-state index is -0.601. The number of aldehydes is 1. The summed E-state index contributed by atoms with van der Waals surface area (Å²) in [6.07, 6.45) is 0.697. The van der Waals surface area contributed by atoms with Gasteiger partial charge in [0.2, 0.25) is 0 Å². The lowest BCUT2D eigenvalue weighted by atomic mass is 10.0. The van der Waals surface area contributed by atoms with Crippen molar-refractivity contribution in [3.05, 3.63) is 29.3 Å². The number of benzene rings is 1. The van der Waals surface area contributed by atoms with Crippen molar-refractivity contribution < 1.29 is 10.0 Å². The lowest BCUT2D eigenvalue weighted by Gasteiger charge is -2.11.